The first-order valence-electron chi connectivity index (χ1n) is 7.74. The molecule has 0 radical (unpaired) electrons. The molecule has 1 saturated carbocycles. The summed E-state index contributed by atoms with van der Waals surface area (Å²) in [6.45, 7) is 1.59. The molecule has 0 heterocycles. The Morgan fingerprint density at radius 1 is 1.12 bits per heavy atom. The molecule has 3 N–H and O–H groups in total. The Morgan fingerprint density at radius 2 is 1.71 bits per heavy atom. The Labute approximate surface area is 141 Å². The van der Waals surface area contributed by atoms with E-state index in [1.54, 1.807) is 36.4 Å². The van der Waals surface area contributed by atoms with Crippen molar-refractivity contribution in [3.8, 4) is 0 Å². The number of nitrogens with two attached hydrogens (primary N) is 1. The van der Waals surface area contributed by atoms with E-state index >= 15 is 0 Å². The van der Waals surface area contributed by atoms with Crippen LogP contribution in [0.1, 0.15) is 17.0 Å². The van der Waals surface area contributed by atoms with E-state index in [1.165, 1.54) is 12.1 Å². The van der Waals surface area contributed by atoms with Gasteiger partial charge in [0.25, 0.3) is 0 Å². The molecule has 2 aromatic rings. The number of aliphatic hydroxyl groups is 1. The van der Waals surface area contributed by atoms with Crippen LogP contribution in [0.15, 0.2) is 53.4 Å². The monoisotopic (exact) mass is 349 g/mol. The number of hydrogen-bond acceptors (Lipinski definition) is 4. The van der Waals surface area contributed by atoms with E-state index in [9.17, 15) is 17.9 Å². The van der Waals surface area contributed by atoms with E-state index in [0.717, 1.165) is 5.56 Å². The average molecular weight is 349 g/mol. The molecule has 1 aliphatic carbocycles. The first kappa shape index (κ1) is 17.1. The third-order valence-electron chi connectivity index (χ3n) is 4.97. The fourth-order valence-electron chi connectivity index (χ4n) is 3.49. The van der Waals surface area contributed by atoms with E-state index in [4.69, 9.17) is 5.73 Å². The van der Waals surface area contributed by atoms with Crippen molar-refractivity contribution in [2.75, 3.05) is 13.2 Å². The Kier molecular flexibility index (Phi) is 4.23. The summed E-state index contributed by atoms with van der Waals surface area (Å²) in [7, 11) is -3.66. The van der Waals surface area contributed by atoms with Crippen LogP contribution in [-0.4, -0.2) is 31.9 Å². The molecule has 0 aliphatic heterocycles. The van der Waals surface area contributed by atoms with Gasteiger partial charge < -0.3 is 10.8 Å². The zero-order valence-electron chi connectivity index (χ0n) is 13.3. The van der Waals surface area contributed by atoms with E-state index in [-0.39, 0.29) is 23.9 Å². The molecule has 0 aromatic heterocycles. The van der Waals surface area contributed by atoms with E-state index < -0.39 is 26.4 Å². The number of hydrogen-bond donors (Lipinski definition) is 2. The van der Waals surface area contributed by atoms with Gasteiger partial charge in [-0.2, -0.15) is 0 Å². The standard InChI is InChI=1S/C18H20FNO3S/c1-12-2-8-15(9-3-12)24(22,23)17-16(18(17,10-20)11-21)13-4-6-14(19)7-5-13/h2-9,16-17,21H,10-11,20H2,1H3/t16-,17-,18-/m1/s1. The molecule has 0 amide bonds. The molecular formula is C18H20FNO3S. The molecule has 4 nitrogen and oxygen atoms in total. The fourth-order valence-corrected chi connectivity index (χ4v) is 5.94. The zero-order chi connectivity index (χ0) is 17.5. The number of sulfone groups is 1. The van der Waals surface area contributed by atoms with Gasteiger partial charge in [-0.15, -0.1) is 0 Å². The van der Waals surface area contributed by atoms with Crippen molar-refractivity contribution in [3.05, 3.63) is 65.5 Å². The van der Waals surface area contributed by atoms with Crippen LogP contribution in [0.5, 0.6) is 0 Å². The minimum absolute atomic E-state index is 0.0430. The van der Waals surface area contributed by atoms with Crippen molar-refractivity contribution in [1.82, 2.24) is 0 Å². The maximum Gasteiger partial charge on any atom is 0.182 e. The smallest absolute Gasteiger partial charge is 0.182 e. The second-order valence-corrected chi connectivity index (χ2v) is 8.47. The molecular weight excluding hydrogens is 329 g/mol. The van der Waals surface area contributed by atoms with Crippen LogP contribution in [0.3, 0.4) is 0 Å². The van der Waals surface area contributed by atoms with Crippen molar-refractivity contribution in [2.24, 2.45) is 11.1 Å². The highest BCUT2D eigenvalue weighted by Crippen LogP contribution is 2.63. The molecule has 128 valence electrons. The highest BCUT2D eigenvalue weighted by molar-refractivity contribution is 7.92. The summed E-state index contributed by atoms with van der Waals surface area (Å²) in [5, 5.41) is 9.04. The second-order valence-electron chi connectivity index (χ2n) is 6.40. The Balaban J connectivity index is 2.04. The number of rotatable bonds is 5. The van der Waals surface area contributed by atoms with Gasteiger partial charge in [0.2, 0.25) is 0 Å². The van der Waals surface area contributed by atoms with Crippen LogP contribution >= 0.6 is 0 Å². The predicted octanol–water partition coefficient (Wildman–Crippen LogP) is 2.01. The highest BCUT2D eigenvalue weighted by Gasteiger charge is 2.70. The SMILES string of the molecule is Cc1ccc(S(=O)(=O)[C@@H]2[C@@H](c3ccc(F)cc3)[C@@]2(CN)CO)cc1. The zero-order valence-corrected chi connectivity index (χ0v) is 14.1. The van der Waals surface area contributed by atoms with Crippen LogP contribution < -0.4 is 5.73 Å². The molecule has 0 bridgehead atoms. The lowest BCUT2D eigenvalue weighted by Crippen LogP contribution is -2.27. The summed E-state index contributed by atoms with van der Waals surface area (Å²) in [5.41, 5.74) is 6.54. The maximum absolute atomic E-state index is 13.2. The normalized spacial score (nSPS) is 26.3. The van der Waals surface area contributed by atoms with Crippen LogP contribution in [0.25, 0.3) is 0 Å². The molecule has 2 aromatic carbocycles. The number of aliphatic hydroxyl groups excluding tert-OH is 1. The molecule has 1 aliphatic rings. The number of aryl methyl sites for hydroxylation is 1. The van der Waals surface area contributed by atoms with E-state index in [0.29, 0.717) is 5.56 Å². The molecule has 6 heteroatoms. The van der Waals surface area contributed by atoms with E-state index in [1.807, 2.05) is 6.92 Å². The highest BCUT2D eigenvalue weighted by atomic mass is 32.2. The van der Waals surface area contributed by atoms with Crippen molar-refractivity contribution in [3.63, 3.8) is 0 Å². The first-order chi connectivity index (χ1) is 11.4. The van der Waals surface area contributed by atoms with E-state index in [2.05, 4.69) is 0 Å². The van der Waals surface area contributed by atoms with Gasteiger partial charge in [0.1, 0.15) is 5.82 Å². The van der Waals surface area contributed by atoms with Crippen LogP contribution in [0.4, 0.5) is 4.39 Å². The molecule has 1 fully saturated rings. The first-order valence-corrected chi connectivity index (χ1v) is 9.28. The summed E-state index contributed by atoms with van der Waals surface area (Å²) >= 11 is 0. The molecule has 0 spiro atoms. The lowest BCUT2D eigenvalue weighted by atomic mass is 10.0. The Morgan fingerprint density at radius 3 is 2.21 bits per heavy atom. The maximum atomic E-state index is 13.2. The summed E-state index contributed by atoms with van der Waals surface area (Å²) in [6.07, 6.45) is 0. The summed E-state index contributed by atoms with van der Waals surface area (Å²) < 4.78 is 39.3. The van der Waals surface area contributed by atoms with Gasteiger partial charge in [-0.1, -0.05) is 29.8 Å². The third kappa shape index (κ3) is 2.55. The number of benzene rings is 2. The number of halogens is 1. The summed E-state index contributed by atoms with van der Waals surface area (Å²) in [6, 6.07) is 12.3. The van der Waals surface area contributed by atoms with Gasteiger partial charge in [-0.05, 0) is 36.8 Å². The molecule has 0 saturated heterocycles. The Hall–Kier alpha value is -1.76. The van der Waals surface area contributed by atoms with Crippen molar-refractivity contribution in [1.29, 1.82) is 0 Å². The van der Waals surface area contributed by atoms with Crippen molar-refractivity contribution >= 4 is 9.84 Å². The molecule has 3 atom stereocenters. The van der Waals surface area contributed by atoms with Crippen LogP contribution in [-0.2, 0) is 9.84 Å². The quantitative estimate of drug-likeness (QED) is 0.865. The third-order valence-corrected chi connectivity index (χ3v) is 7.31. The summed E-state index contributed by atoms with van der Waals surface area (Å²) in [5.74, 6) is -0.834. The second kappa shape index (κ2) is 5.95. The lowest BCUT2D eigenvalue weighted by molar-refractivity contribution is 0.212. The largest absolute Gasteiger partial charge is 0.396 e. The van der Waals surface area contributed by atoms with Crippen molar-refractivity contribution in [2.45, 2.75) is 23.0 Å². The van der Waals surface area contributed by atoms with Gasteiger partial charge >= 0.3 is 0 Å². The van der Waals surface area contributed by atoms with Crippen molar-refractivity contribution < 1.29 is 17.9 Å². The predicted molar refractivity (Wildman–Crippen MR) is 89.9 cm³/mol. The summed E-state index contributed by atoms with van der Waals surface area (Å²) in [4.78, 5) is 0.217. The topological polar surface area (TPSA) is 80.4 Å². The average Bonchev–Trinajstić information content (AvgIpc) is 3.26. The molecule has 24 heavy (non-hydrogen) atoms. The van der Waals surface area contributed by atoms with Gasteiger partial charge in [0.05, 0.1) is 16.8 Å². The fraction of sp³-hybridized carbons (Fsp3) is 0.333. The lowest BCUT2D eigenvalue weighted by Gasteiger charge is -2.12. The minimum atomic E-state index is -3.66. The van der Waals surface area contributed by atoms with Crippen LogP contribution in [0.2, 0.25) is 0 Å². The van der Waals surface area contributed by atoms with Crippen LogP contribution in [0, 0.1) is 18.2 Å². The van der Waals surface area contributed by atoms with Gasteiger partial charge in [-0.25, -0.2) is 12.8 Å². The minimum Gasteiger partial charge on any atom is -0.396 e. The Bertz CT molecular complexity index is 828. The molecule has 0 unspecified atom stereocenters. The van der Waals surface area contributed by atoms with Gasteiger partial charge in [0.15, 0.2) is 9.84 Å². The van der Waals surface area contributed by atoms with Gasteiger partial charge in [0, 0.05) is 17.9 Å². The molecule has 3 rings (SSSR count). The van der Waals surface area contributed by atoms with Gasteiger partial charge in [-0.3, -0.25) is 0 Å².